The molecule has 75 heavy (non-hydrogen) atoms. The molecule has 0 aromatic rings. The molecule has 0 aromatic heterocycles. The van der Waals surface area contributed by atoms with Gasteiger partial charge in [-0.05, 0) is 122 Å². The molecule has 6 nitrogen and oxygen atoms in total. The molecule has 6 heteroatoms. The summed E-state index contributed by atoms with van der Waals surface area (Å²) in [4.78, 5) is 38.2. The highest BCUT2D eigenvalue weighted by Gasteiger charge is 2.19. The summed E-state index contributed by atoms with van der Waals surface area (Å²) in [5.41, 5.74) is 0. The number of carbonyl (C=O) groups excluding carboxylic acids is 3. The fourth-order valence-corrected chi connectivity index (χ4v) is 8.52. The van der Waals surface area contributed by atoms with Crippen LogP contribution in [0.4, 0.5) is 0 Å². The average Bonchev–Trinajstić information content (AvgIpc) is 3.41. The van der Waals surface area contributed by atoms with Crippen LogP contribution < -0.4 is 0 Å². The van der Waals surface area contributed by atoms with Gasteiger partial charge in [-0.15, -0.1) is 0 Å². The molecule has 0 aliphatic heterocycles. The van der Waals surface area contributed by atoms with Crippen LogP contribution in [0, 0.1) is 0 Å². The van der Waals surface area contributed by atoms with Crippen LogP contribution in [0.25, 0.3) is 0 Å². The van der Waals surface area contributed by atoms with E-state index in [1.165, 1.54) is 128 Å². The van der Waals surface area contributed by atoms with Crippen LogP contribution in [0.3, 0.4) is 0 Å². The van der Waals surface area contributed by atoms with Crippen molar-refractivity contribution in [2.24, 2.45) is 0 Å². The van der Waals surface area contributed by atoms with Gasteiger partial charge in [-0.1, -0.05) is 259 Å². The summed E-state index contributed by atoms with van der Waals surface area (Å²) in [6.45, 7) is 6.47. The highest BCUT2D eigenvalue weighted by atomic mass is 16.6. The maximum absolute atomic E-state index is 12.9. The maximum Gasteiger partial charge on any atom is 0.306 e. The largest absolute Gasteiger partial charge is 0.462 e. The van der Waals surface area contributed by atoms with E-state index in [1.807, 2.05) is 0 Å². The normalized spacial score (nSPS) is 12.8. The van der Waals surface area contributed by atoms with Crippen molar-refractivity contribution >= 4 is 17.9 Å². The van der Waals surface area contributed by atoms with Crippen LogP contribution in [-0.2, 0) is 28.6 Å². The molecule has 0 spiro atoms. The first kappa shape index (κ1) is 71.1. The minimum Gasteiger partial charge on any atom is -0.462 e. The Hall–Kier alpha value is -3.93. The van der Waals surface area contributed by atoms with Gasteiger partial charge >= 0.3 is 17.9 Å². The molecule has 0 heterocycles. The van der Waals surface area contributed by atoms with Crippen molar-refractivity contribution in [3.63, 3.8) is 0 Å². The molecule has 428 valence electrons. The highest BCUT2D eigenvalue weighted by molar-refractivity contribution is 5.71. The second kappa shape index (κ2) is 62.6. The molecule has 0 aliphatic rings. The van der Waals surface area contributed by atoms with Gasteiger partial charge in [0.25, 0.3) is 0 Å². The molecule has 1 atom stereocenters. The molecule has 0 saturated heterocycles. The van der Waals surface area contributed by atoms with Gasteiger partial charge < -0.3 is 14.2 Å². The molecule has 0 radical (unpaired) electrons. The lowest BCUT2D eigenvalue weighted by Crippen LogP contribution is -2.30. The predicted octanol–water partition coefficient (Wildman–Crippen LogP) is 21.4. The van der Waals surface area contributed by atoms with E-state index in [1.54, 1.807) is 0 Å². The highest BCUT2D eigenvalue weighted by Crippen LogP contribution is 2.15. The summed E-state index contributed by atoms with van der Waals surface area (Å²) in [5, 5.41) is 0. The number of hydrogen-bond donors (Lipinski definition) is 0. The summed E-state index contributed by atoms with van der Waals surface area (Å²) >= 11 is 0. The first-order valence-electron chi connectivity index (χ1n) is 31.4. The Labute approximate surface area is 463 Å². The van der Waals surface area contributed by atoms with E-state index in [9.17, 15) is 14.4 Å². The molecule has 0 N–H and O–H groups in total. The van der Waals surface area contributed by atoms with Crippen LogP contribution >= 0.6 is 0 Å². The van der Waals surface area contributed by atoms with Crippen molar-refractivity contribution in [1.29, 1.82) is 0 Å². The van der Waals surface area contributed by atoms with Crippen LogP contribution in [-0.4, -0.2) is 37.2 Å². The third-order valence-electron chi connectivity index (χ3n) is 13.2. The number of carbonyl (C=O) groups is 3. The summed E-state index contributed by atoms with van der Waals surface area (Å²) in [6.07, 6.45) is 85.2. The van der Waals surface area contributed by atoms with E-state index < -0.39 is 6.10 Å². The van der Waals surface area contributed by atoms with E-state index in [4.69, 9.17) is 14.2 Å². The minimum absolute atomic E-state index is 0.0899. The summed E-state index contributed by atoms with van der Waals surface area (Å²) < 4.78 is 16.9. The van der Waals surface area contributed by atoms with Crippen LogP contribution in [0.15, 0.2) is 109 Å². The fourth-order valence-electron chi connectivity index (χ4n) is 8.52. The third kappa shape index (κ3) is 60.8. The van der Waals surface area contributed by atoms with E-state index in [0.29, 0.717) is 19.3 Å². The number of allylic oxidation sites excluding steroid dienone is 18. The molecule has 0 saturated carbocycles. The van der Waals surface area contributed by atoms with E-state index >= 15 is 0 Å². The number of ether oxygens (including phenoxy) is 3. The Balaban J connectivity index is 4.35. The first-order valence-corrected chi connectivity index (χ1v) is 31.4. The Morgan fingerprint density at radius 1 is 0.280 bits per heavy atom. The van der Waals surface area contributed by atoms with E-state index in [-0.39, 0.29) is 31.1 Å². The lowest BCUT2D eigenvalue weighted by atomic mass is 10.1. The van der Waals surface area contributed by atoms with Crippen molar-refractivity contribution in [2.75, 3.05) is 13.2 Å². The van der Waals surface area contributed by atoms with Gasteiger partial charge in [-0.3, -0.25) is 14.4 Å². The molecule has 0 bridgehead atoms. The number of hydrogen-bond acceptors (Lipinski definition) is 6. The van der Waals surface area contributed by atoms with Gasteiger partial charge in [0.15, 0.2) is 6.10 Å². The molecule has 1 unspecified atom stereocenters. The Morgan fingerprint density at radius 2 is 0.533 bits per heavy atom. The Kier molecular flexibility index (Phi) is 59.3. The number of unbranched alkanes of at least 4 members (excludes halogenated alkanes) is 27. The van der Waals surface area contributed by atoms with Crippen molar-refractivity contribution in [2.45, 2.75) is 297 Å². The number of rotatable bonds is 56. The topological polar surface area (TPSA) is 78.9 Å². The zero-order valence-corrected chi connectivity index (χ0v) is 49.0. The summed E-state index contributed by atoms with van der Waals surface area (Å²) in [5.74, 6) is -0.913. The molecule has 0 fully saturated rings. The lowest BCUT2D eigenvalue weighted by molar-refractivity contribution is -0.167. The zero-order valence-electron chi connectivity index (χ0n) is 49.0. The first-order chi connectivity index (χ1) is 37.0. The Bertz CT molecular complexity index is 1520. The fraction of sp³-hybridized carbons (Fsp3) is 0.696. The second-order valence-electron chi connectivity index (χ2n) is 20.6. The van der Waals surface area contributed by atoms with E-state index in [2.05, 4.69) is 130 Å². The molecule has 0 amide bonds. The van der Waals surface area contributed by atoms with Crippen LogP contribution in [0.5, 0.6) is 0 Å². The van der Waals surface area contributed by atoms with Crippen LogP contribution in [0.1, 0.15) is 290 Å². The van der Waals surface area contributed by atoms with Gasteiger partial charge in [-0.25, -0.2) is 0 Å². The summed E-state index contributed by atoms with van der Waals surface area (Å²) in [7, 11) is 0. The van der Waals surface area contributed by atoms with Crippen molar-refractivity contribution in [1.82, 2.24) is 0 Å². The van der Waals surface area contributed by atoms with Crippen molar-refractivity contribution in [3.8, 4) is 0 Å². The SMILES string of the molecule is CC/C=C\C/C=C\C/C=C\C/C=C\C/C=C\CCCCCCCCCC(=O)OCC(COC(=O)CCCCCCC/C=C\CCCC)OC(=O)CCCCCCCCCC/C=C\C/C=C\C/C=C\CCCCCCC. The second-order valence-corrected chi connectivity index (χ2v) is 20.6. The number of esters is 3. The Morgan fingerprint density at radius 3 is 0.867 bits per heavy atom. The third-order valence-corrected chi connectivity index (χ3v) is 13.2. The molecule has 0 aromatic carbocycles. The van der Waals surface area contributed by atoms with Gasteiger partial charge in [0.05, 0.1) is 0 Å². The standard InChI is InChI=1S/C69H116O6/c1-4-7-10-13-16-19-22-24-26-28-30-32-34-36-38-40-42-44-47-50-53-56-59-62-68(71)74-65-66(64-73-67(70)61-58-55-52-49-46-21-18-15-12-9-6-3)75-69(72)63-60-57-54-51-48-45-43-41-39-37-35-33-31-29-27-25-23-20-17-14-11-8-5-2/h7,10,15-16,18-19,23-26,29-32,35-38,66H,4-6,8-9,11-14,17,20-22,27-28,33-34,39-65H2,1-3H3/b10-7-,18-15-,19-16-,25-23-,26-24-,31-29-,32-30-,37-35-,38-36-. The average molecular weight is 1040 g/mol. The summed E-state index contributed by atoms with van der Waals surface area (Å²) in [6, 6.07) is 0. The monoisotopic (exact) mass is 1040 g/mol. The zero-order chi connectivity index (χ0) is 54.3. The molecule has 0 aliphatic carbocycles. The van der Waals surface area contributed by atoms with Gasteiger partial charge in [0.1, 0.15) is 13.2 Å². The van der Waals surface area contributed by atoms with Gasteiger partial charge in [0, 0.05) is 19.3 Å². The molecular formula is C69H116O6. The van der Waals surface area contributed by atoms with Crippen molar-refractivity contribution < 1.29 is 28.6 Å². The lowest BCUT2D eigenvalue weighted by Gasteiger charge is -2.18. The van der Waals surface area contributed by atoms with Crippen molar-refractivity contribution in [3.05, 3.63) is 109 Å². The maximum atomic E-state index is 12.9. The smallest absolute Gasteiger partial charge is 0.306 e. The van der Waals surface area contributed by atoms with Gasteiger partial charge in [0.2, 0.25) is 0 Å². The van der Waals surface area contributed by atoms with E-state index in [0.717, 1.165) is 122 Å². The minimum atomic E-state index is -0.793. The predicted molar refractivity (Wildman–Crippen MR) is 325 cm³/mol. The molecular weight excluding hydrogens is 925 g/mol. The van der Waals surface area contributed by atoms with Gasteiger partial charge in [-0.2, -0.15) is 0 Å². The quantitative estimate of drug-likeness (QED) is 0.0261. The van der Waals surface area contributed by atoms with Crippen LogP contribution in [0.2, 0.25) is 0 Å². The molecule has 0 rings (SSSR count).